The molecule has 0 atom stereocenters. The van der Waals surface area contributed by atoms with Gasteiger partial charge in [-0.3, -0.25) is 4.98 Å². The van der Waals surface area contributed by atoms with Crippen molar-refractivity contribution in [1.82, 2.24) is 4.98 Å². The van der Waals surface area contributed by atoms with Crippen LogP contribution in [0, 0.1) is 5.82 Å². The number of rotatable bonds is 0. The minimum absolute atomic E-state index is 0.212. The van der Waals surface area contributed by atoms with Gasteiger partial charge in [-0.15, -0.1) is 0 Å². The summed E-state index contributed by atoms with van der Waals surface area (Å²) in [6.45, 7) is 4.25. The van der Waals surface area contributed by atoms with Crippen LogP contribution in [0.2, 0.25) is 0 Å². The highest BCUT2D eigenvalue weighted by molar-refractivity contribution is 5.78. The van der Waals surface area contributed by atoms with E-state index in [-0.39, 0.29) is 5.82 Å². The predicted octanol–water partition coefficient (Wildman–Crippen LogP) is 3.79. The highest BCUT2D eigenvalue weighted by Crippen LogP contribution is 2.13. The molecule has 0 N–H and O–H groups in total. The van der Waals surface area contributed by atoms with Crippen molar-refractivity contribution in [1.29, 1.82) is 0 Å². The maximum Gasteiger partial charge on any atom is 0.132 e. The van der Waals surface area contributed by atoms with Crippen LogP contribution in [0.5, 0.6) is 0 Å². The minimum Gasteiger partial charge on any atom is -0.256 e. The molecule has 14 heavy (non-hydrogen) atoms. The van der Waals surface area contributed by atoms with E-state index in [2.05, 4.69) is 18.8 Å². The summed E-state index contributed by atoms with van der Waals surface area (Å²) in [5.74, 6) is -0.212. The zero-order valence-corrected chi connectivity index (χ0v) is 8.50. The Labute approximate surface area is 83.6 Å². The Kier molecular flexibility index (Phi) is 4.05. The van der Waals surface area contributed by atoms with Crippen LogP contribution in [0.4, 0.5) is 4.39 Å². The van der Waals surface area contributed by atoms with Crippen LogP contribution in [-0.2, 0) is 0 Å². The lowest BCUT2D eigenvalue weighted by molar-refractivity contribution is 0.639. The van der Waals surface area contributed by atoms with E-state index in [0.29, 0.717) is 10.9 Å². The van der Waals surface area contributed by atoms with Gasteiger partial charge in [-0.1, -0.05) is 26.3 Å². The van der Waals surface area contributed by atoms with Crippen molar-refractivity contribution in [2.75, 3.05) is 0 Å². The standard InChI is InChI=1S/C9H6FN.C3H8/c10-8-4-1-5-9-7(8)3-2-6-11-9;1-3-2/h1-6H;3H2,1-2H3. The van der Waals surface area contributed by atoms with Crippen LogP contribution in [0.3, 0.4) is 0 Å². The van der Waals surface area contributed by atoms with E-state index in [9.17, 15) is 4.39 Å². The lowest BCUT2D eigenvalue weighted by Crippen LogP contribution is -1.80. The second-order valence-corrected chi connectivity index (χ2v) is 3.02. The van der Waals surface area contributed by atoms with Gasteiger partial charge in [-0.25, -0.2) is 4.39 Å². The van der Waals surface area contributed by atoms with Crippen LogP contribution >= 0.6 is 0 Å². The van der Waals surface area contributed by atoms with Crippen molar-refractivity contribution in [3.05, 3.63) is 42.3 Å². The summed E-state index contributed by atoms with van der Waals surface area (Å²) >= 11 is 0. The Morgan fingerprint density at radius 1 is 1.14 bits per heavy atom. The normalized spacial score (nSPS) is 9.36. The average molecular weight is 191 g/mol. The minimum atomic E-state index is -0.212. The Balaban J connectivity index is 0.000000293. The molecule has 1 aromatic carbocycles. The Morgan fingerprint density at radius 3 is 2.50 bits per heavy atom. The summed E-state index contributed by atoms with van der Waals surface area (Å²) < 4.78 is 12.9. The highest BCUT2D eigenvalue weighted by atomic mass is 19.1. The van der Waals surface area contributed by atoms with Crippen LogP contribution in [-0.4, -0.2) is 4.98 Å². The van der Waals surface area contributed by atoms with Gasteiger partial charge in [-0.05, 0) is 24.3 Å². The van der Waals surface area contributed by atoms with Gasteiger partial charge in [0, 0.05) is 11.6 Å². The Morgan fingerprint density at radius 2 is 1.86 bits per heavy atom. The van der Waals surface area contributed by atoms with Gasteiger partial charge in [-0.2, -0.15) is 0 Å². The number of nitrogens with zero attached hydrogens (tertiary/aromatic N) is 1. The lowest BCUT2D eigenvalue weighted by atomic mass is 10.2. The first-order valence-electron chi connectivity index (χ1n) is 4.78. The number of benzene rings is 1. The first-order valence-corrected chi connectivity index (χ1v) is 4.78. The van der Waals surface area contributed by atoms with Crippen LogP contribution < -0.4 is 0 Å². The lowest BCUT2D eigenvalue weighted by Gasteiger charge is -1.95. The van der Waals surface area contributed by atoms with Crippen molar-refractivity contribution in [2.45, 2.75) is 20.3 Å². The molecule has 0 aliphatic rings. The zero-order valence-electron chi connectivity index (χ0n) is 8.50. The molecule has 2 heteroatoms. The first-order chi connectivity index (χ1) is 6.79. The predicted molar refractivity (Wildman–Crippen MR) is 57.7 cm³/mol. The highest BCUT2D eigenvalue weighted by Gasteiger charge is 1.96. The SMILES string of the molecule is CCC.Fc1cccc2ncccc12. The van der Waals surface area contributed by atoms with Crippen molar-refractivity contribution in [2.24, 2.45) is 0 Å². The molecule has 0 aliphatic heterocycles. The van der Waals surface area contributed by atoms with Gasteiger partial charge in [0.05, 0.1) is 5.52 Å². The molecule has 0 fully saturated rings. The summed E-state index contributed by atoms with van der Waals surface area (Å²) in [7, 11) is 0. The molecule has 74 valence electrons. The van der Waals surface area contributed by atoms with E-state index in [4.69, 9.17) is 0 Å². The van der Waals surface area contributed by atoms with E-state index in [1.54, 1.807) is 30.5 Å². The van der Waals surface area contributed by atoms with E-state index >= 15 is 0 Å². The average Bonchev–Trinajstić information content (AvgIpc) is 2.20. The molecule has 0 radical (unpaired) electrons. The molecular weight excluding hydrogens is 177 g/mol. The van der Waals surface area contributed by atoms with Gasteiger partial charge in [0.1, 0.15) is 5.82 Å². The Hall–Kier alpha value is -1.44. The molecule has 2 rings (SSSR count). The van der Waals surface area contributed by atoms with Crippen molar-refractivity contribution in [3.8, 4) is 0 Å². The molecular formula is C12H14FN. The number of hydrogen-bond acceptors (Lipinski definition) is 1. The van der Waals surface area contributed by atoms with Crippen LogP contribution in [0.1, 0.15) is 20.3 Å². The molecule has 1 heterocycles. The fourth-order valence-electron chi connectivity index (χ4n) is 1.07. The monoisotopic (exact) mass is 191 g/mol. The molecule has 2 aromatic rings. The Bertz CT molecular complexity index is 393. The van der Waals surface area contributed by atoms with Gasteiger partial charge < -0.3 is 0 Å². The first kappa shape index (κ1) is 10.6. The van der Waals surface area contributed by atoms with Crippen LogP contribution in [0.15, 0.2) is 36.5 Å². The third-order valence-corrected chi connectivity index (χ3v) is 1.59. The number of pyridine rings is 1. The second kappa shape index (κ2) is 5.32. The van der Waals surface area contributed by atoms with Crippen LogP contribution in [0.25, 0.3) is 10.9 Å². The molecule has 1 nitrogen and oxygen atoms in total. The van der Waals surface area contributed by atoms with Crippen molar-refractivity contribution in [3.63, 3.8) is 0 Å². The van der Waals surface area contributed by atoms with E-state index in [1.165, 1.54) is 12.5 Å². The second-order valence-electron chi connectivity index (χ2n) is 3.02. The molecule has 0 amide bonds. The topological polar surface area (TPSA) is 12.9 Å². The molecule has 1 aromatic heterocycles. The fraction of sp³-hybridized carbons (Fsp3) is 0.250. The van der Waals surface area contributed by atoms with Gasteiger partial charge in [0.15, 0.2) is 0 Å². The summed E-state index contributed by atoms with van der Waals surface area (Å²) in [6.07, 6.45) is 2.90. The maximum atomic E-state index is 12.9. The smallest absolute Gasteiger partial charge is 0.132 e. The molecule has 0 aliphatic carbocycles. The van der Waals surface area contributed by atoms with Crippen molar-refractivity contribution < 1.29 is 4.39 Å². The van der Waals surface area contributed by atoms with Crippen molar-refractivity contribution >= 4 is 10.9 Å². The third kappa shape index (κ3) is 2.52. The molecule has 0 unspecified atom stereocenters. The molecule has 0 saturated heterocycles. The fourth-order valence-corrected chi connectivity index (χ4v) is 1.07. The summed E-state index contributed by atoms with van der Waals surface area (Å²) in [5.41, 5.74) is 0.701. The largest absolute Gasteiger partial charge is 0.256 e. The van der Waals surface area contributed by atoms with E-state index in [1.807, 2.05) is 0 Å². The number of halogens is 1. The van der Waals surface area contributed by atoms with Gasteiger partial charge in [0.2, 0.25) is 0 Å². The molecule has 0 spiro atoms. The summed E-state index contributed by atoms with van der Waals surface area (Å²) in [5, 5.41) is 0.579. The molecule has 0 bridgehead atoms. The maximum absolute atomic E-state index is 12.9. The number of hydrogen-bond donors (Lipinski definition) is 0. The summed E-state index contributed by atoms with van der Waals surface area (Å²) in [4.78, 5) is 4.00. The zero-order chi connectivity index (χ0) is 10.4. The molecule has 0 saturated carbocycles. The number of fused-ring (bicyclic) bond motifs is 1. The quantitative estimate of drug-likeness (QED) is 0.617. The third-order valence-electron chi connectivity index (χ3n) is 1.59. The van der Waals surface area contributed by atoms with Gasteiger partial charge in [0.25, 0.3) is 0 Å². The summed E-state index contributed by atoms with van der Waals surface area (Å²) in [6, 6.07) is 8.33. The van der Waals surface area contributed by atoms with E-state index < -0.39 is 0 Å². The van der Waals surface area contributed by atoms with E-state index in [0.717, 1.165) is 0 Å². The van der Waals surface area contributed by atoms with Gasteiger partial charge >= 0.3 is 0 Å². The number of aromatic nitrogens is 1.